The van der Waals surface area contributed by atoms with E-state index < -0.39 is 0 Å². The molecule has 0 saturated heterocycles. The van der Waals surface area contributed by atoms with Crippen molar-refractivity contribution in [3.63, 3.8) is 0 Å². The minimum atomic E-state index is 0.144. The molecule has 0 aromatic carbocycles. The Morgan fingerprint density at radius 3 is 2.93 bits per heavy atom. The van der Waals surface area contributed by atoms with Gasteiger partial charge in [0.05, 0.1) is 11.6 Å². The molecule has 0 aliphatic heterocycles. The van der Waals surface area contributed by atoms with Gasteiger partial charge in [-0.25, -0.2) is 4.98 Å². The molecule has 74 valence electrons. The van der Waals surface area contributed by atoms with Gasteiger partial charge in [-0.1, -0.05) is 0 Å². The van der Waals surface area contributed by atoms with E-state index in [0.29, 0.717) is 16.1 Å². The van der Waals surface area contributed by atoms with Gasteiger partial charge >= 0.3 is 0 Å². The topological polar surface area (TPSA) is 93.4 Å². The molecule has 7 heteroatoms. The number of halogens is 1. The maximum atomic E-state index is 8.72. The number of nitrogens with zero attached hydrogens (tertiary/aromatic N) is 5. The summed E-state index contributed by atoms with van der Waals surface area (Å²) in [5, 5.41) is 12.6. The Morgan fingerprint density at radius 2 is 2.33 bits per heavy atom. The van der Waals surface area contributed by atoms with Crippen LogP contribution in [0.15, 0.2) is 23.1 Å². The minimum Gasteiger partial charge on any atom is -0.366 e. The molecule has 6 nitrogen and oxygen atoms in total. The minimum absolute atomic E-state index is 0.144. The van der Waals surface area contributed by atoms with Gasteiger partial charge in [0, 0.05) is 12.3 Å². The Bertz CT molecular complexity index is 540. The summed E-state index contributed by atoms with van der Waals surface area (Å²) >= 11 is 3.19. The zero-order valence-electron chi connectivity index (χ0n) is 7.42. The van der Waals surface area contributed by atoms with E-state index in [4.69, 9.17) is 11.0 Å². The number of nitrogen functional groups attached to an aromatic ring is 1. The smallest absolute Gasteiger partial charge is 0.240 e. The standard InChI is InChI=1S/C8H5BrN6/c9-7-13-8(11)14-15(7)6-3-5(4-10)1-2-12-6/h1-3H,(H2,11,14). The molecule has 2 aromatic heterocycles. The van der Waals surface area contributed by atoms with E-state index in [2.05, 4.69) is 31.0 Å². The number of aromatic nitrogens is 4. The van der Waals surface area contributed by atoms with Gasteiger partial charge < -0.3 is 5.73 Å². The molecule has 0 atom stereocenters. The summed E-state index contributed by atoms with van der Waals surface area (Å²) < 4.78 is 1.86. The Kier molecular flexibility index (Phi) is 2.35. The average Bonchev–Trinajstić information content (AvgIpc) is 2.58. The van der Waals surface area contributed by atoms with Gasteiger partial charge in [0.1, 0.15) is 0 Å². The fourth-order valence-electron chi connectivity index (χ4n) is 1.06. The summed E-state index contributed by atoms with van der Waals surface area (Å²) in [6.45, 7) is 0. The van der Waals surface area contributed by atoms with E-state index in [-0.39, 0.29) is 5.95 Å². The molecule has 0 radical (unpaired) electrons. The quantitative estimate of drug-likeness (QED) is 0.825. The number of hydrogen-bond acceptors (Lipinski definition) is 5. The Morgan fingerprint density at radius 1 is 1.53 bits per heavy atom. The van der Waals surface area contributed by atoms with Gasteiger partial charge in [-0.05, 0) is 22.0 Å². The van der Waals surface area contributed by atoms with Gasteiger partial charge in [0.25, 0.3) is 0 Å². The SMILES string of the molecule is N#Cc1ccnc(-n2nc(N)nc2Br)c1. The zero-order chi connectivity index (χ0) is 10.8. The van der Waals surface area contributed by atoms with E-state index in [1.54, 1.807) is 12.1 Å². The molecule has 0 spiro atoms. The lowest BCUT2D eigenvalue weighted by Crippen LogP contribution is -2.00. The monoisotopic (exact) mass is 264 g/mol. The van der Waals surface area contributed by atoms with Crippen molar-refractivity contribution in [2.45, 2.75) is 0 Å². The van der Waals surface area contributed by atoms with E-state index in [0.717, 1.165) is 0 Å². The van der Waals surface area contributed by atoms with E-state index >= 15 is 0 Å². The Hall–Kier alpha value is -1.94. The lowest BCUT2D eigenvalue weighted by molar-refractivity contribution is 0.827. The Labute approximate surface area is 93.5 Å². The molecule has 0 fully saturated rings. The first-order valence-corrected chi connectivity index (χ1v) is 4.74. The first kappa shape index (κ1) is 9.61. The second-order valence-electron chi connectivity index (χ2n) is 2.67. The van der Waals surface area contributed by atoms with Crippen molar-refractivity contribution in [3.05, 3.63) is 28.6 Å². The van der Waals surface area contributed by atoms with Crippen molar-refractivity contribution < 1.29 is 0 Å². The first-order chi connectivity index (χ1) is 7.20. The average molecular weight is 265 g/mol. The fourth-order valence-corrected chi connectivity index (χ4v) is 1.50. The molecule has 2 rings (SSSR count). The van der Waals surface area contributed by atoms with Gasteiger partial charge in [0.2, 0.25) is 10.7 Å². The highest BCUT2D eigenvalue weighted by Crippen LogP contribution is 2.14. The molecule has 0 saturated carbocycles. The van der Waals surface area contributed by atoms with Gasteiger partial charge in [-0.15, -0.1) is 5.10 Å². The van der Waals surface area contributed by atoms with Crippen LogP contribution in [0, 0.1) is 11.3 Å². The highest BCUT2D eigenvalue weighted by atomic mass is 79.9. The van der Waals surface area contributed by atoms with Crippen molar-refractivity contribution in [1.29, 1.82) is 5.26 Å². The van der Waals surface area contributed by atoms with Gasteiger partial charge in [-0.2, -0.15) is 14.9 Å². The first-order valence-electron chi connectivity index (χ1n) is 3.95. The molecule has 0 aliphatic carbocycles. The molecular formula is C8H5BrN6. The number of nitriles is 1. The number of pyridine rings is 1. The molecule has 2 N–H and O–H groups in total. The van der Waals surface area contributed by atoms with Crippen LogP contribution in [0.5, 0.6) is 0 Å². The normalized spacial score (nSPS) is 9.87. The van der Waals surface area contributed by atoms with E-state index in [1.807, 2.05) is 6.07 Å². The fraction of sp³-hybridized carbons (Fsp3) is 0. The predicted molar refractivity (Wildman–Crippen MR) is 56.0 cm³/mol. The predicted octanol–water partition coefficient (Wildman–Crippen LogP) is 0.879. The molecule has 2 heterocycles. The summed E-state index contributed by atoms with van der Waals surface area (Å²) in [4.78, 5) is 7.92. The molecule has 15 heavy (non-hydrogen) atoms. The highest BCUT2D eigenvalue weighted by molar-refractivity contribution is 9.10. The van der Waals surface area contributed by atoms with E-state index in [9.17, 15) is 0 Å². The lowest BCUT2D eigenvalue weighted by Gasteiger charge is -1.99. The van der Waals surface area contributed by atoms with Crippen molar-refractivity contribution >= 4 is 21.9 Å². The van der Waals surface area contributed by atoms with Crippen LogP contribution in [0.25, 0.3) is 5.82 Å². The molecule has 0 unspecified atom stereocenters. The maximum Gasteiger partial charge on any atom is 0.240 e. The summed E-state index contributed by atoms with van der Waals surface area (Å²) in [7, 11) is 0. The molecule has 0 aliphatic rings. The van der Waals surface area contributed by atoms with Crippen LogP contribution < -0.4 is 5.73 Å². The zero-order valence-corrected chi connectivity index (χ0v) is 9.01. The van der Waals surface area contributed by atoms with Crippen LogP contribution in [0.2, 0.25) is 0 Å². The second-order valence-corrected chi connectivity index (χ2v) is 3.37. The van der Waals surface area contributed by atoms with Crippen LogP contribution in [0.3, 0.4) is 0 Å². The number of nitrogens with two attached hydrogens (primary N) is 1. The van der Waals surface area contributed by atoms with Crippen molar-refractivity contribution in [1.82, 2.24) is 19.7 Å². The molecular weight excluding hydrogens is 260 g/mol. The van der Waals surface area contributed by atoms with Crippen LogP contribution >= 0.6 is 15.9 Å². The molecule has 2 aromatic rings. The molecule has 0 bridgehead atoms. The van der Waals surface area contributed by atoms with Crippen molar-refractivity contribution in [2.24, 2.45) is 0 Å². The molecule has 0 amide bonds. The summed E-state index contributed by atoms with van der Waals surface area (Å²) in [6, 6.07) is 5.22. The van der Waals surface area contributed by atoms with Crippen molar-refractivity contribution in [3.8, 4) is 11.9 Å². The van der Waals surface area contributed by atoms with Crippen LogP contribution in [-0.4, -0.2) is 19.7 Å². The summed E-state index contributed by atoms with van der Waals surface area (Å²) in [5.41, 5.74) is 5.92. The third kappa shape index (κ3) is 1.80. The highest BCUT2D eigenvalue weighted by Gasteiger charge is 2.08. The number of hydrogen-bond donors (Lipinski definition) is 1. The van der Waals surface area contributed by atoms with E-state index in [1.165, 1.54) is 10.9 Å². The third-order valence-electron chi connectivity index (χ3n) is 1.68. The summed E-state index contributed by atoms with van der Waals surface area (Å²) in [6.07, 6.45) is 1.53. The maximum absolute atomic E-state index is 8.72. The van der Waals surface area contributed by atoms with Gasteiger partial charge in [0.15, 0.2) is 5.82 Å². The second kappa shape index (κ2) is 3.67. The largest absolute Gasteiger partial charge is 0.366 e. The van der Waals surface area contributed by atoms with Crippen LogP contribution in [0.4, 0.5) is 5.95 Å². The van der Waals surface area contributed by atoms with Crippen molar-refractivity contribution in [2.75, 3.05) is 5.73 Å². The third-order valence-corrected chi connectivity index (χ3v) is 2.19. The number of anilines is 1. The summed E-state index contributed by atoms with van der Waals surface area (Å²) in [5.74, 6) is 0.635. The van der Waals surface area contributed by atoms with Crippen LogP contribution in [0.1, 0.15) is 5.56 Å². The Balaban J connectivity index is 2.55. The van der Waals surface area contributed by atoms with Crippen LogP contribution in [-0.2, 0) is 0 Å². The van der Waals surface area contributed by atoms with Gasteiger partial charge in [-0.3, -0.25) is 0 Å². The number of rotatable bonds is 1. The lowest BCUT2D eigenvalue weighted by atomic mass is 10.3.